The largest absolute Gasteiger partial charge is 0.478 e. The molecule has 116 valence electrons. The molecule has 2 unspecified atom stereocenters. The second kappa shape index (κ2) is 5.53. The summed E-state index contributed by atoms with van der Waals surface area (Å²) in [5, 5.41) is 10.4. The smallest absolute Gasteiger partial charge is 0.350 e. The first-order chi connectivity index (χ1) is 10.6. The summed E-state index contributed by atoms with van der Waals surface area (Å²) >= 11 is 0. The lowest BCUT2D eigenvalue weighted by molar-refractivity contribution is -0.165. The predicted octanol–water partition coefficient (Wildman–Crippen LogP) is 2.34. The number of carboxylic acids is 1. The van der Waals surface area contributed by atoms with Crippen LogP contribution in [0.25, 0.3) is 10.9 Å². The number of carboxylic acid groups (broad SMARTS) is 1. The quantitative estimate of drug-likeness (QED) is 0.933. The van der Waals surface area contributed by atoms with E-state index in [1.807, 2.05) is 25.1 Å². The molecule has 6 heteroatoms. The average molecular weight is 302 g/mol. The molecule has 0 amide bonds. The van der Waals surface area contributed by atoms with E-state index >= 15 is 0 Å². The third-order valence-electron chi connectivity index (χ3n) is 4.29. The Balaban J connectivity index is 2.08. The van der Waals surface area contributed by atoms with E-state index in [1.54, 1.807) is 0 Å². The molecule has 1 aliphatic carbocycles. The Hall–Kier alpha value is -2.21. The molecule has 0 bridgehead atoms. The number of aliphatic carboxylic acids is 1. The number of hydrogen-bond donors (Lipinski definition) is 1. The zero-order chi connectivity index (χ0) is 15.7. The molecule has 1 N–H and O–H groups in total. The minimum Gasteiger partial charge on any atom is -0.478 e. The van der Waals surface area contributed by atoms with E-state index in [9.17, 15) is 9.90 Å². The van der Waals surface area contributed by atoms with Crippen molar-refractivity contribution in [2.45, 2.75) is 37.9 Å². The number of rotatable bonds is 4. The highest BCUT2D eigenvalue weighted by molar-refractivity contribution is 5.87. The molecule has 1 aromatic carbocycles. The third-order valence-corrected chi connectivity index (χ3v) is 4.29. The number of aromatic nitrogens is 2. The van der Waals surface area contributed by atoms with Crippen molar-refractivity contribution >= 4 is 16.9 Å². The molecule has 0 aliphatic heterocycles. The van der Waals surface area contributed by atoms with Crippen LogP contribution in [-0.2, 0) is 9.53 Å². The molecule has 0 spiro atoms. The van der Waals surface area contributed by atoms with Crippen molar-refractivity contribution < 1.29 is 19.4 Å². The van der Waals surface area contributed by atoms with Gasteiger partial charge in [-0.15, -0.1) is 0 Å². The number of fused-ring (bicyclic) bond motifs is 1. The Morgan fingerprint density at radius 3 is 2.95 bits per heavy atom. The van der Waals surface area contributed by atoms with E-state index < -0.39 is 17.7 Å². The first kappa shape index (κ1) is 14.7. The van der Waals surface area contributed by atoms with Crippen LogP contribution in [0.1, 0.15) is 24.8 Å². The van der Waals surface area contributed by atoms with Crippen LogP contribution in [-0.4, -0.2) is 39.9 Å². The van der Waals surface area contributed by atoms with Crippen LogP contribution in [0.5, 0.6) is 5.88 Å². The highest BCUT2D eigenvalue weighted by Crippen LogP contribution is 2.38. The van der Waals surface area contributed by atoms with Gasteiger partial charge in [0, 0.05) is 13.5 Å². The van der Waals surface area contributed by atoms with Gasteiger partial charge in [0.05, 0.1) is 10.9 Å². The number of para-hydroxylation sites is 1. The van der Waals surface area contributed by atoms with Crippen molar-refractivity contribution in [3.63, 3.8) is 0 Å². The SMILES string of the molecule is COC1CCCC1(Oc1ncnc2c(C)cccc12)C(=O)O. The molecule has 3 rings (SSSR count). The fourth-order valence-corrected chi connectivity index (χ4v) is 3.12. The lowest BCUT2D eigenvalue weighted by Gasteiger charge is -2.30. The standard InChI is InChI=1S/C16H18N2O4/c1-10-5-3-6-11-13(10)17-9-18-14(11)22-16(15(19)20)8-4-7-12(16)21-2/h3,5-6,9,12H,4,7-8H2,1-2H3,(H,19,20). The Morgan fingerprint density at radius 1 is 1.41 bits per heavy atom. The fourth-order valence-electron chi connectivity index (χ4n) is 3.12. The summed E-state index contributed by atoms with van der Waals surface area (Å²) in [6.07, 6.45) is 2.71. The van der Waals surface area contributed by atoms with E-state index in [1.165, 1.54) is 13.4 Å². The van der Waals surface area contributed by atoms with Gasteiger partial charge in [0.1, 0.15) is 12.4 Å². The van der Waals surface area contributed by atoms with Crippen molar-refractivity contribution in [3.05, 3.63) is 30.1 Å². The maximum Gasteiger partial charge on any atom is 0.350 e. The van der Waals surface area contributed by atoms with Gasteiger partial charge in [0.2, 0.25) is 11.5 Å². The van der Waals surface area contributed by atoms with Crippen LogP contribution >= 0.6 is 0 Å². The van der Waals surface area contributed by atoms with Gasteiger partial charge in [0.15, 0.2) is 0 Å². The van der Waals surface area contributed by atoms with E-state index in [4.69, 9.17) is 9.47 Å². The topological polar surface area (TPSA) is 81.5 Å². The fraction of sp³-hybridized carbons (Fsp3) is 0.438. The molecule has 0 radical (unpaired) electrons. The average Bonchev–Trinajstić information content (AvgIpc) is 2.92. The van der Waals surface area contributed by atoms with Gasteiger partial charge >= 0.3 is 5.97 Å². The van der Waals surface area contributed by atoms with E-state index in [2.05, 4.69) is 9.97 Å². The summed E-state index contributed by atoms with van der Waals surface area (Å²) < 4.78 is 11.3. The summed E-state index contributed by atoms with van der Waals surface area (Å²) in [5.41, 5.74) is 0.364. The Labute approximate surface area is 128 Å². The van der Waals surface area contributed by atoms with Gasteiger partial charge in [-0.1, -0.05) is 12.1 Å². The van der Waals surface area contributed by atoms with E-state index in [0.717, 1.165) is 17.5 Å². The Morgan fingerprint density at radius 2 is 2.23 bits per heavy atom. The first-order valence-electron chi connectivity index (χ1n) is 7.24. The summed E-state index contributed by atoms with van der Waals surface area (Å²) in [6, 6.07) is 5.66. The maximum atomic E-state index is 11.9. The molecule has 6 nitrogen and oxygen atoms in total. The van der Waals surface area contributed by atoms with Crippen LogP contribution in [0.15, 0.2) is 24.5 Å². The van der Waals surface area contributed by atoms with Crippen molar-refractivity contribution in [1.82, 2.24) is 9.97 Å². The van der Waals surface area contributed by atoms with Crippen LogP contribution in [0.4, 0.5) is 0 Å². The maximum absolute atomic E-state index is 11.9. The first-order valence-corrected chi connectivity index (χ1v) is 7.24. The van der Waals surface area contributed by atoms with Crippen LogP contribution in [0.2, 0.25) is 0 Å². The van der Waals surface area contributed by atoms with Gasteiger partial charge in [-0.25, -0.2) is 14.8 Å². The summed E-state index contributed by atoms with van der Waals surface area (Å²) in [5.74, 6) is -0.726. The number of carbonyl (C=O) groups is 1. The van der Waals surface area contributed by atoms with Gasteiger partial charge in [0.25, 0.3) is 0 Å². The molecular weight excluding hydrogens is 284 g/mol. The Bertz CT molecular complexity index is 718. The molecule has 1 aromatic heterocycles. The van der Waals surface area contributed by atoms with Crippen molar-refractivity contribution in [1.29, 1.82) is 0 Å². The summed E-state index contributed by atoms with van der Waals surface area (Å²) in [4.78, 5) is 20.3. The molecular formula is C16H18N2O4. The predicted molar refractivity (Wildman–Crippen MR) is 79.9 cm³/mol. The molecule has 2 aromatic rings. The van der Waals surface area contributed by atoms with Gasteiger partial charge in [-0.3, -0.25) is 0 Å². The highest BCUT2D eigenvalue weighted by atomic mass is 16.6. The van der Waals surface area contributed by atoms with Gasteiger partial charge in [-0.05, 0) is 31.4 Å². The van der Waals surface area contributed by atoms with Crippen LogP contribution < -0.4 is 4.74 Å². The summed E-state index contributed by atoms with van der Waals surface area (Å²) in [6.45, 7) is 1.94. The van der Waals surface area contributed by atoms with Gasteiger partial charge in [-0.2, -0.15) is 0 Å². The second-order valence-corrected chi connectivity index (χ2v) is 5.56. The third kappa shape index (κ3) is 2.20. The normalized spacial score (nSPS) is 24.5. The zero-order valence-electron chi connectivity index (χ0n) is 12.6. The van der Waals surface area contributed by atoms with E-state index in [-0.39, 0.29) is 0 Å². The van der Waals surface area contributed by atoms with E-state index in [0.29, 0.717) is 24.1 Å². The van der Waals surface area contributed by atoms with Crippen LogP contribution in [0, 0.1) is 6.92 Å². The lowest BCUT2D eigenvalue weighted by atomic mass is 9.99. The minimum absolute atomic E-state index is 0.292. The zero-order valence-corrected chi connectivity index (χ0v) is 12.6. The lowest BCUT2D eigenvalue weighted by Crippen LogP contribution is -2.51. The molecule has 2 atom stereocenters. The highest BCUT2D eigenvalue weighted by Gasteiger charge is 2.53. The number of methoxy groups -OCH3 is 1. The number of aryl methyl sites for hydroxylation is 1. The number of hydrogen-bond acceptors (Lipinski definition) is 5. The summed E-state index contributed by atoms with van der Waals surface area (Å²) in [7, 11) is 1.51. The van der Waals surface area contributed by atoms with Crippen LogP contribution in [0.3, 0.4) is 0 Å². The Kier molecular flexibility index (Phi) is 3.70. The molecule has 1 heterocycles. The van der Waals surface area contributed by atoms with Crippen molar-refractivity contribution in [2.75, 3.05) is 7.11 Å². The minimum atomic E-state index is -1.39. The molecule has 22 heavy (non-hydrogen) atoms. The second-order valence-electron chi connectivity index (χ2n) is 5.56. The molecule has 1 fully saturated rings. The molecule has 1 saturated carbocycles. The number of nitrogens with zero attached hydrogens (tertiary/aromatic N) is 2. The van der Waals surface area contributed by atoms with Crippen molar-refractivity contribution in [3.8, 4) is 5.88 Å². The van der Waals surface area contributed by atoms with Gasteiger partial charge < -0.3 is 14.6 Å². The number of benzene rings is 1. The number of ether oxygens (including phenoxy) is 2. The van der Waals surface area contributed by atoms with Crippen molar-refractivity contribution in [2.24, 2.45) is 0 Å². The molecule has 1 aliphatic rings. The molecule has 0 saturated heterocycles. The monoisotopic (exact) mass is 302 g/mol.